The van der Waals surface area contributed by atoms with Crippen molar-refractivity contribution in [3.8, 4) is 11.3 Å². The second-order valence-corrected chi connectivity index (χ2v) is 9.56. The Labute approximate surface area is 193 Å². The van der Waals surface area contributed by atoms with E-state index in [0.717, 1.165) is 59.6 Å². The third kappa shape index (κ3) is 3.78. The average molecular weight is 446 g/mol. The number of aryl methyl sites for hydroxylation is 1. The molecule has 1 aliphatic heterocycles. The highest BCUT2D eigenvalue weighted by Gasteiger charge is 2.25. The Balaban J connectivity index is 1.56. The normalized spacial score (nSPS) is 15.8. The molecule has 1 amide bonds. The number of rotatable bonds is 5. The molecule has 0 radical (unpaired) electrons. The van der Waals surface area contributed by atoms with E-state index < -0.39 is 0 Å². The van der Waals surface area contributed by atoms with Crippen LogP contribution in [0.3, 0.4) is 0 Å². The summed E-state index contributed by atoms with van der Waals surface area (Å²) in [7, 11) is 0. The van der Waals surface area contributed by atoms with Crippen molar-refractivity contribution in [2.75, 3.05) is 19.6 Å². The molecule has 0 unspecified atom stereocenters. The number of nitrogens with one attached hydrogen (secondary N) is 1. The Kier molecular flexibility index (Phi) is 5.40. The first-order chi connectivity index (χ1) is 15.8. The molecule has 1 fully saturated rings. The molecule has 5 rings (SSSR count). The third-order valence-corrected chi connectivity index (χ3v) is 7.10. The molecule has 8 nitrogen and oxygen atoms in total. The number of aromatic nitrogens is 5. The highest BCUT2D eigenvalue weighted by molar-refractivity contribution is 5.92. The molecule has 0 spiro atoms. The molecule has 5 heterocycles. The second kappa shape index (κ2) is 8.26. The zero-order valence-corrected chi connectivity index (χ0v) is 19.7. The van der Waals surface area contributed by atoms with Gasteiger partial charge in [-0.2, -0.15) is 5.10 Å². The molecule has 0 bridgehead atoms. The van der Waals surface area contributed by atoms with Crippen LogP contribution < -0.4 is 5.73 Å². The summed E-state index contributed by atoms with van der Waals surface area (Å²) in [5.41, 5.74) is 14.4. The SMILES string of the molecule is Cc1c(-c2[nH]c3cnc(C4CCN(CC(N)=O)CC4)cc3c2C(C)C)cn2ncnc2c1C. The number of primary amides is 1. The Morgan fingerprint density at radius 2 is 1.97 bits per heavy atom. The number of fused-ring (bicyclic) bond motifs is 2. The molecule has 4 aromatic heterocycles. The Bertz CT molecular complexity index is 1340. The van der Waals surface area contributed by atoms with Crippen LogP contribution in [0.25, 0.3) is 27.8 Å². The summed E-state index contributed by atoms with van der Waals surface area (Å²) in [6.07, 6.45) is 7.63. The monoisotopic (exact) mass is 445 g/mol. The number of likely N-dealkylation sites (tertiary alicyclic amines) is 1. The molecule has 8 heteroatoms. The highest BCUT2D eigenvalue weighted by Crippen LogP contribution is 2.39. The molecule has 1 saturated heterocycles. The van der Waals surface area contributed by atoms with Gasteiger partial charge in [0.25, 0.3) is 0 Å². The van der Waals surface area contributed by atoms with Gasteiger partial charge in [0.15, 0.2) is 5.65 Å². The lowest BCUT2D eigenvalue weighted by Crippen LogP contribution is -2.39. The number of nitrogens with two attached hydrogens (primary N) is 1. The smallest absolute Gasteiger partial charge is 0.231 e. The minimum Gasteiger partial charge on any atom is -0.369 e. The number of carbonyl (C=O) groups excluding carboxylic acids is 1. The quantitative estimate of drug-likeness (QED) is 0.488. The molecule has 0 atom stereocenters. The molecule has 0 saturated carbocycles. The number of aromatic amines is 1. The van der Waals surface area contributed by atoms with Crippen LogP contribution in [0, 0.1) is 13.8 Å². The summed E-state index contributed by atoms with van der Waals surface area (Å²) >= 11 is 0. The van der Waals surface area contributed by atoms with Gasteiger partial charge in [0, 0.05) is 28.8 Å². The number of hydrogen-bond donors (Lipinski definition) is 2. The molecule has 3 N–H and O–H groups in total. The summed E-state index contributed by atoms with van der Waals surface area (Å²) in [6, 6.07) is 2.27. The lowest BCUT2D eigenvalue weighted by Gasteiger charge is -2.30. The van der Waals surface area contributed by atoms with Gasteiger partial charge in [-0.3, -0.25) is 14.7 Å². The molecule has 0 aromatic carbocycles. The number of hydrogen-bond acceptors (Lipinski definition) is 5. The van der Waals surface area contributed by atoms with Crippen LogP contribution in [0.4, 0.5) is 0 Å². The van der Waals surface area contributed by atoms with Crippen molar-refractivity contribution in [2.24, 2.45) is 5.73 Å². The fourth-order valence-electron chi connectivity index (χ4n) is 5.23. The van der Waals surface area contributed by atoms with E-state index in [2.05, 4.69) is 59.9 Å². The van der Waals surface area contributed by atoms with E-state index in [1.54, 1.807) is 6.33 Å². The Morgan fingerprint density at radius 3 is 2.67 bits per heavy atom. The molecular weight excluding hydrogens is 414 g/mol. The third-order valence-electron chi connectivity index (χ3n) is 7.10. The van der Waals surface area contributed by atoms with Crippen molar-refractivity contribution in [3.05, 3.63) is 47.2 Å². The second-order valence-electron chi connectivity index (χ2n) is 9.56. The van der Waals surface area contributed by atoms with E-state index in [1.807, 2.05) is 10.7 Å². The number of piperidine rings is 1. The van der Waals surface area contributed by atoms with Gasteiger partial charge in [0.2, 0.25) is 5.91 Å². The molecule has 0 aliphatic carbocycles. The van der Waals surface area contributed by atoms with Crippen molar-refractivity contribution in [3.63, 3.8) is 0 Å². The standard InChI is InChI=1S/C25H31N7O/c1-14(2)23-18-9-20(17-5-7-31(8-6-17)12-22(26)33)27-10-21(18)30-24(23)19-11-32-25(28-13-29-32)16(4)15(19)3/h9-11,13-14,17,30H,5-8,12H2,1-4H3,(H2,26,33). The summed E-state index contributed by atoms with van der Waals surface area (Å²) < 4.78 is 1.86. The molecule has 172 valence electrons. The summed E-state index contributed by atoms with van der Waals surface area (Å²) in [6.45, 7) is 10.8. The van der Waals surface area contributed by atoms with Crippen LogP contribution in [0.5, 0.6) is 0 Å². The van der Waals surface area contributed by atoms with Gasteiger partial charge in [-0.15, -0.1) is 0 Å². The van der Waals surface area contributed by atoms with Gasteiger partial charge in [-0.05, 0) is 68.5 Å². The van der Waals surface area contributed by atoms with Crippen LogP contribution in [0.2, 0.25) is 0 Å². The van der Waals surface area contributed by atoms with Gasteiger partial charge in [0.05, 0.1) is 24.0 Å². The van der Waals surface area contributed by atoms with Crippen LogP contribution in [-0.4, -0.2) is 55.0 Å². The van der Waals surface area contributed by atoms with Crippen molar-refractivity contribution >= 4 is 22.5 Å². The zero-order valence-electron chi connectivity index (χ0n) is 19.7. The van der Waals surface area contributed by atoms with Crippen molar-refractivity contribution in [1.29, 1.82) is 0 Å². The van der Waals surface area contributed by atoms with E-state index in [0.29, 0.717) is 18.4 Å². The Morgan fingerprint density at radius 1 is 1.21 bits per heavy atom. The first-order valence-electron chi connectivity index (χ1n) is 11.7. The number of nitrogens with zero attached hydrogens (tertiary/aromatic N) is 5. The summed E-state index contributed by atoms with van der Waals surface area (Å²) in [4.78, 5) is 26.3. The van der Waals surface area contributed by atoms with E-state index in [1.165, 1.54) is 16.5 Å². The van der Waals surface area contributed by atoms with Crippen LogP contribution in [0.1, 0.15) is 60.9 Å². The largest absolute Gasteiger partial charge is 0.369 e. The maximum Gasteiger partial charge on any atom is 0.231 e. The predicted octanol–water partition coefficient (Wildman–Crippen LogP) is 3.68. The van der Waals surface area contributed by atoms with Gasteiger partial charge in [0.1, 0.15) is 6.33 Å². The van der Waals surface area contributed by atoms with Gasteiger partial charge in [-0.1, -0.05) is 13.8 Å². The lowest BCUT2D eigenvalue weighted by molar-refractivity contribution is -0.119. The molecule has 1 aliphatic rings. The minimum atomic E-state index is -0.260. The lowest BCUT2D eigenvalue weighted by atomic mass is 9.90. The topological polar surface area (TPSA) is 105 Å². The maximum atomic E-state index is 11.2. The van der Waals surface area contributed by atoms with Crippen LogP contribution >= 0.6 is 0 Å². The number of carbonyl (C=O) groups is 1. The van der Waals surface area contributed by atoms with E-state index in [-0.39, 0.29) is 5.91 Å². The predicted molar refractivity (Wildman–Crippen MR) is 129 cm³/mol. The maximum absolute atomic E-state index is 11.2. The first kappa shape index (κ1) is 21.6. The number of pyridine rings is 2. The number of H-pyrrole nitrogens is 1. The van der Waals surface area contributed by atoms with Crippen molar-refractivity contribution in [1.82, 2.24) is 29.5 Å². The molecule has 33 heavy (non-hydrogen) atoms. The highest BCUT2D eigenvalue weighted by atomic mass is 16.1. The van der Waals surface area contributed by atoms with Gasteiger partial charge >= 0.3 is 0 Å². The van der Waals surface area contributed by atoms with E-state index >= 15 is 0 Å². The summed E-state index contributed by atoms with van der Waals surface area (Å²) in [5, 5.41) is 5.62. The molecular formula is C25H31N7O. The van der Waals surface area contributed by atoms with Crippen LogP contribution in [-0.2, 0) is 4.79 Å². The van der Waals surface area contributed by atoms with Gasteiger partial charge < -0.3 is 10.7 Å². The van der Waals surface area contributed by atoms with Crippen LogP contribution in [0.15, 0.2) is 24.8 Å². The van der Waals surface area contributed by atoms with E-state index in [9.17, 15) is 4.79 Å². The summed E-state index contributed by atoms with van der Waals surface area (Å²) in [5.74, 6) is 0.476. The van der Waals surface area contributed by atoms with Gasteiger partial charge in [-0.25, -0.2) is 9.50 Å². The van der Waals surface area contributed by atoms with Crippen molar-refractivity contribution in [2.45, 2.75) is 52.4 Å². The Hall–Kier alpha value is -3.26. The van der Waals surface area contributed by atoms with E-state index in [4.69, 9.17) is 10.7 Å². The molecule has 4 aromatic rings. The fraction of sp³-hybridized carbons (Fsp3) is 0.440. The number of amides is 1. The first-order valence-corrected chi connectivity index (χ1v) is 11.7. The zero-order chi connectivity index (χ0) is 23.3. The van der Waals surface area contributed by atoms with Crippen molar-refractivity contribution < 1.29 is 4.79 Å². The minimum absolute atomic E-state index is 0.260. The average Bonchev–Trinajstić information content (AvgIpc) is 3.40. The fourth-order valence-corrected chi connectivity index (χ4v) is 5.23.